The van der Waals surface area contributed by atoms with Crippen LogP contribution in [0.2, 0.25) is 0 Å². The maximum Gasteiger partial charge on any atom is 0.250 e. The van der Waals surface area contributed by atoms with E-state index in [1.165, 1.54) is 34.3 Å². The summed E-state index contributed by atoms with van der Waals surface area (Å²) >= 11 is 6.96. The summed E-state index contributed by atoms with van der Waals surface area (Å²) in [7, 11) is 1.65. The van der Waals surface area contributed by atoms with Crippen molar-refractivity contribution in [1.29, 1.82) is 0 Å². The summed E-state index contributed by atoms with van der Waals surface area (Å²) in [4.78, 5) is 49.2. The molecule has 0 bridgehead atoms. The second-order valence-electron chi connectivity index (χ2n) is 15.6. The minimum atomic E-state index is -0.0904. The number of pyridine rings is 3. The lowest BCUT2D eigenvalue weighted by Gasteiger charge is -2.29. The number of benzene rings is 4. The molecule has 5 N–H and O–H groups in total. The number of hydrogen-bond donors (Lipinski definition) is 4. The SMILES string of the molecule is COc1cncc(CNc2ccc3c(c2)Sc2cccc(-c4cc(N5CCOCC5)cc(=O)[nH]4)c2S3)c1.Nc1ccc2c(c1)Sc1cccc(-c3cc(N4CCOCC4)cc(=O)[nH]3)c1S2. The van der Waals surface area contributed by atoms with Crippen molar-refractivity contribution < 1.29 is 14.2 Å². The van der Waals surface area contributed by atoms with Gasteiger partial charge in [-0.25, -0.2) is 0 Å². The van der Waals surface area contributed by atoms with Gasteiger partial charge in [0, 0.05) is 124 Å². The van der Waals surface area contributed by atoms with Crippen molar-refractivity contribution in [3.8, 4) is 28.3 Å². The van der Waals surface area contributed by atoms with E-state index in [4.69, 9.17) is 19.9 Å². The van der Waals surface area contributed by atoms with Crippen molar-refractivity contribution in [2.24, 2.45) is 0 Å². The number of methoxy groups -OCH3 is 1. The predicted molar refractivity (Wildman–Crippen MR) is 263 cm³/mol. The minimum absolute atomic E-state index is 0.0850. The van der Waals surface area contributed by atoms with Crippen LogP contribution in [0.25, 0.3) is 22.5 Å². The van der Waals surface area contributed by atoms with E-state index in [0.29, 0.717) is 33.0 Å². The van der Waals surface area contributed by atoms with Crippen molar-refractivity contribution in [3.63, 3.8) is 0 Å². The first kappa shape index (κ1) is 43.2. The Labute approximate surface area is 393 Å². The molecule has 0 unspecified atom stereocenters. The minimum Gasteiger partial charge on any atom is -0.495 e. The van der Waals surface area contributed by atoms with Crippen molar-refractivity contribution >= 4 is 69.8 Å². The average Bonchev–Trinajstić information content (AvgIpc) is 3.34. The fourth-order valence-electron chi connectivity index (χ4n) is 7.99. The summed E-state index contributed by atoms with van der Waals surface area (Å²) in [6.07, 6.45) is 3.55. The summed E-state index contributed by atoms with van der Waals surface area (Å²) in [6, 6.07) is 34.5. The zero-order valence-corrected chi connectivity index (χ0v) is 38.7. The first-order chi connectivity index (χ1) is 31.8. The van der Waals surface area contributed by atoms with Gasteiger partial charge in [-0.3, -0.25) is 14.6 Å². The van der Waals surface area contributed by atoms with Crippen LogP contribution in [-0.2, 0) is 16.0 Å². The number of H-pyrrole nitrogens is 2. The lowest BCUT2D eigenvalue weighted by Crippen LogP contribution is -2.36. The number of hydrogen-bond acceptors (Lipinski definition) is 14. The molecule has 7 heterocycles. The number of ether oxygens (including phenoxy) is 3. The van der Waals surface area contributed by atoms with E-state index in [-0.39, 0.29) is 11.1 Å². The molecule has 0 spiro atoms. The Bertz CT molecular complexity index is 3010. The van der Waals surface area contributed by atoms with Crippen LogP contribution in [0.3, 0.4) is 0 Å². The monoisotopic (exact) mass is 939 g/mol. The predicted octanol–water partition coefficient (Wildman–Crippen LogP) is 9.59. The zero-order chi connectivity index (χ0) is 44.3. The van der Waals surface area contributed by atoms with Gasteiger partial charge in [-0.1, -0.05) is 71.3 Å². The molecule has 330 valence electrons. The molecule has 0 radical (unpaired) electrons. The highest BCUT2D eigenvalue weighted by atomic mass is 32.2. The summed E-state index contributed by atoms with van der Waals surface area (Å²) in [5.41, 5.74) is 14.3. The Hall–Kier alpha value is -5.75. The number of nitrogens with two attached hydrogens (primary N) is 1. The van der Waals surface area contributed by atoms with Gasteiger partial charge in [0.25, 0.3) is 0 Å². The van der Waals surface area contributed by atoms with Gasteiger partial charge < -0.3 is 45.0 Å². The van der Waals surface area contributed by atoms with Gasteiger partial charge >= 0.3 is 0 Å². The van der Waals surface area contributed by atoms with Gasteiger partial charge in [0.05, 0.1) is 51.1 Å². The first-order valence-corrected chi connectivity index (χ1v) is 24.5. The molecular formula is C49H45N7O5S4. The third kappa shape index (κ3) is 9.78. The molecule has 4 aromatic carbocycles. The van der Waals surface area contributed by atoms with Crippen molar-refractivity contribution in [2.75, 3.05) is 80.6 Å². The summed E-state index contributed by atoms with van der Waals surface area (Å²) in [6.45, 7) is 6.58. The summed E-state index contributed by atoms with van der Waals surface area (Å²) in [5.74, 6) is 0.751. The van der Waals surface area contributed by atoms with E-state index in [9.17, 15) is 9.59 Å². The van der Waals surface area contributed by atoms with E-state index in [0.717, 1.165) is 87.7 Å². The number of anilines is 4. The average molecular weight is 940 g/mol. The standard InChI is InChI=1S/C28H26N4O3S2.C21H19N3O2S2/c1-34-21-11-18(15-29-17-21)16-30-19-5-6-24-26(12-19)36-25-4-2-3-22(28(25)37-24)23-13-20(14-27(33)31-23)32-7-9-35-10-8-32;22-13-4-5-17-19(10-13)27-18-3-1-2-15(21(18)28-17)16-11-14(12-20(25)23-16)24-6-8-26-9-7-24/h2-6,11-15,17,30H,7-10,16H2,1H3,(H,31,33);1-5,10-12H,6-9,22H2,(H,23,25). The summed E-state index contributed by atoms with van der Waals surface area (Å²) < 4.78 is 16.2. The number of nitrogens with zero attached hydrogens (tertiary/aromatic N) is 3. The van der Waals surface area contributed by atoms with Crippen LogP contribution in [0, 0.1) is 0 Å². The number of aromatic amines is 2. The number of aromatic nitrogens is 3. The van der Waals surface area contributed by atoms with Crippen LogP contribution in [0.5, 0.6) is 5.75 Å². The van der Waals surface area contributed by atoms with Gasteiger partial charge in [-0.2, -0.15) is 0 Å². The van der Waals surface area contributed by atoms with Gasteiger partial charge in [-0.15, -0.1) is 0 Å². The van der Waals surface area contributed by atoms with Crippen LogP contribution < -0.4 is 36.7 Å². The van der Waals surface area contributed by atoms with Crippen molar-refractivity contribution in [1.82, 2.24) is 15.0 Å². The molecule has 4 aliphatic heterocycles. The number of nitrogen functional groups attached to an aromatic ring is 1. The molecule has 0 amide bonds. The smallest absolute Gasteiger partial charge is 0.250 e. The number of nitrogens with one attached hydrogen (secondary N) is 3. The molecule has 65 heavy (non-hydrogen) atoms. The van der Waals surface area contributed by atoms with E-state index in [2.05, 4.69) is 96.8 Å². The molecule has 2 saturated heterocycles. The highest BCUT2D eigenvalue weighted by Crippen LogP contribution is 2.53. The van der Waals surface area contributed by atoms with Crippen LogP contribution in [-0.4, -0.2) is 74.7 Å². The third-order valence-corrected chi connectivity index (χ3v) is 16.4. The Kier molecular flexibility index (Phi) is 12.9. The fourth-order valence-corrected chi connectivity index (χ4v) is 12.8. The van der Waals surface area contributed by atoms with Gasteiger partial charge in [0.2, 0.25) is 11.1 Å². The zero-order valence-electron chi connectivity index (χ0n) is 35.4. The Balaban J connectivity index is 0.000000159. The Morgan fingerprint density at radius 1 is 0.631 bits per heavy atom. The molecule has 4 aliphatic rings. The van der Waals surface area contributed by atoms with Crippen molar-refractivity contribution in [2.45, 2.75) is 45.7 Å². The summed E-state index contributed by atoms with van der Waals surface area (Å²) in [5, 5.41) is 3.50. The van der Waals surface area contributed by atoms with Crippen LogP contribution in [0.4, 0.5) is 22.7 Å². The molecular weight excluding hydrogens is 895 g/mol. The molecule has 7 aromatic rings. The molecule has 12 nitrogen and oxygen atoms in total. The maximum absolute atomic E-state index is 12.6. The van der Waals surface area contributed by atoms with E-state index in [1.807, 2.05) is 30.5 Å². The van der Waals surface area contributed by atoms with E-state index < -0.39 is 0 Å². The van der Waals surface area contributed by atoms with Crippen molar-refractivity contribution in [3.05, 3.63) is 142 Å². The van der Waals surface area contributed by atoms with Gasteiger partial charge in [0.1, 0.15) is 5.75 Å². The molecule has 0 aliphatic carbocycles. The van der Waals surface area contributed by atoms with Crippen LogP contribution >= 0.6 is 47.0 Å². The molecule has 16 heteroatoms. The quantitative estimate of drug-likeness (QED) is 0.107. The largest absolute Gasteiger partial charge is 0.495 e. The molecule has 2 fully saturated rings. The number of fused-ring (bicyclic) bond motifs is 4. The Morgan fingerprint density at radius 2 is 1.18 bits per heavy atom. The highest BCUT2D eigenvalue weighted by Gasteiger charge is 2.24. The lowest BCUT2D eigenvalue weighted by atomic mass is 10.1. The molecule has 0 atom stereocenters. The van der Waals surface area contributed by atoms with Gasteiger partial charge in [-0.05, 0) is 72.3 Å². The number of rotatable bonds is 8. The fraction of sp³-hybridized carbons (Fsp3) is 0.204. The number of morpholine rings is 2. The maximum atomic E-state index is 12.6. The van der Waals surface area contributed by atoms with Crippen LogP contribution in [0.15, 0.2) is 164 Å². The molecule has 0 saturated carbocycles. The topological polar surface area (TPSA) is 151 Å². The normalized spacial score (nSPS) is 15.1. The third-order valence-electron chi connectivity index (χ3n) is 11.2. The van der Waals surface area contributed by atoms with Gasteiger partial charge in [0.15, 0.2) is 0 Å². The first-order valence-electron chi connectivity index (χ1n) is 21.2. The second-order valence-corrected chi connectivity index (χ2v) is 19.8. The lowest BCUT2D eigenvalue weighted by molar-refractivity contribution is 0.122. The molecule has 11 rings (SSSR count). The molecule has 3 aromatic heterocycles. The highest BCUT2D eigenvalue weighted by molar-refractivity contribution is 8.05. The van der Waals surface area contributed by atoms with E-state index >= 15 is 0 Å². The Morgan fingerprint density at radius 3 is 1.75 bits per heavy atom. The van der Waals surface area contributed by atoms with Crippen LogP contribution in [0.1, 0.15) is 5.56 Å². The second kappa shape index (κ2) is 19.4. The van der Waals surface area contributed by atoms with E-state index in [1.54, 1.807) is 72.5 Å².